The van der Waals surface area contributed by atoms with Gasteiger partial charge in [-0.1, -0.05) is 11.2 Å². The first-order valence-corrected chi connectivity index (χ1v) is 4.17. The molecular weight excluding hydrogens is 166 g/mol. The van der Waals surface area contributed by atoms with Crippen molar-refractivity contribution in [3.8, 4) is 6.07 Å². The van der Waals surface area contributed by atoms with E-state index in [9.17, 15) is 0 Å². The summed E-state index contributed by atoms with van der Waals surface area (Å²) >= 11 is 0. The van der Waals surface area contributed by atoms with Crippen LogP contribution in [0.4, 0.5) is 0 Å². The fourth-order valence-electron chi connectivity index (χ4n) is 1.31. The lowest BCUT2D eigenvalue weighted by Crippen LogP contribution is -2.28. The van der Waals surface area contributed by atoms with Crippen molar-refractivity contribution in [1.29, 1.82) is 5.26 Å². The van der Waals surface area contributed by atoms with E-state index >= 15 is 0 Å². The second-order valence-electron chi connectivity index (χ2n) is 2.99. The molecule has 4 nitrogen and oxygen atoms in total. The molecule has 0 radical (unpaired) electrons. The van der Waals surface area contributed by atoms with Gasteiger partial charge in [0, 0.05) is 18.7 Å². The second kappa shape index (κ2) is 4.63. The van der Waals surface area contributed by atoms with Gasteiger partial charge < -0.3 is 9.74 Å². The highest BCUT2D eigenvalue weighted by Crippen LogP contribution is 2.09. The molecule has 70 valence electrons. The Hall–Kier alpha value is -1.34. The first kappa shape index (κ1) is 9.75. The molecule has 0 saturated heterocycles. The Morgan fingerprint density at radius 3 is 3.08 bits per heavy atom. The van der Waals surface area contributed by atoms with Gasteiger partial charge in [0.1, 0.15) is 13.2 Å². The molecule has 0 N–H and O–H groups in total. The van der Waals surface area contributed by atoms with Gasteiger partial charge in [-0.15, -0.1) is 0 Å². The zero-order valence-electron chi connectivity index (χ0n) is 7.95. The van der Waals surface area contributed by atoms with Crippen LogP contribution < -0.4 is 0 Å². The molecule has 0 aromatic carbocycles. The molecule has 0 aliphatic carbocycles. The van der Waals surface area contributed by atoms with E-state index in [1.807, 2.05) is 19.2 Å². The molecule has 0 spiro atoms. The van der Waals surface area contributed by atoms with Crippen LogP contribution in [0.2, 0.25) is 0 Å². The normalized spacial score (nSPS) is 19.2. The standard InChI is InChI=1S/C9H13N3O/c1-12-5-3-4-8(7-12)9(6-10)11-13-2/h4H,3,5,7H2,1-2H3/b11-9-. The Kier molecular flexibility index (Phi) is 3.47. The summed E-state index contributed by atoms with van der Waals surface area (Å²) in [6.07, 6.45) is 3.01. The smallest absolute Gasteiger partial charge is 0.183 e. The van der Waals surface area contributed by atoms with Gasteiger partial charge >= 0.3 is 0 Å². The summed E-state index contributed by atoms with van der Waals surface area (Å²) in [5.41, 5.74) is 1.34. The highest BCUT2D eigenvalue weighted by atomic mass is 16.6. The second-order valence-corrected chi connectivity index (χ2v) is 2.99. The summed E-state index contributed by atoms with van der Waals surface area (Å²) in [4.78, 5) is 6.74. The lowest BCUT2D eigenvalue weighted by atomic mass is 10.1. The lowest BCUT2D eigenvalue weighted by molar-refractivity contribution is 0.213. The SMILES string of the molecule is CO/N=C(/C#N)C1=CCCN(C)C1. The van der Waals surface area contributed by atoms with E-state index in [2.05, 4.69) is 14.9 Å². The van der Waals surface area contributed by atoms with E-state index in [1.54, 1.807) is 0 Å². The minimum Gasteiger partial charge on any atom is -0.398 e. The molecule has 1 heterocycles. The third-order valence-corrected chi connectivity index (χ3v) is 1.93. The van der Waals surface area contributed by atoms with E-state index < -0.39 is 0 Å². The number of hydrogen-bond donors (Lipinski definition) is 0. The van der Waals surface area contributed by atoms with Crippen LogP contribution in [0.15, 0.2) is 16.8 Å². The molecule has 0 bridgehead atoms. The van der Waals surface area contributed by atoms with Gasteiger partial charge in [0.15, 0.2) is 5.71 Å². The predicted octanol–water partition coefficient (Wildman–Crippen LogP) is 0.774. The Morgan fingerprint density at radius 2 is 2.54 bits per heavy atom. The first-order chi connectivity index (χ1) is 6.27. The largest absolute Gasteiger partial charge is 0.398 e. The maximum Gasteiger partial charge on any atom is 0.183 e. The minimum atomic E-state index is 0.383. The molecule has 1 rings (SSSR count). The monoisotopic (exact) mass is 179 g/mol. The summed E-state index contributed by atoms with van der Waals surface area (Å²) in [6.45, 7) is 1.81. The van der Waals surface area contributed by atoms with Crippen molar-refractivity contribution in [3.63, 3.8) is 0 Å². The van der Waals surface area contributed by atoms with Crippen LogP contribution in [0.25, 0.3) is 0 Å². The van der Waals surface area contributed by atoms with E-state index in [1.165, 1.54) is 7.11 Å². The average Bonchev–Trinajstić information content (AvgIpc) is 2.14. The average molecular weight is 179 g/mol. The first-order valence-electron chi connectivity index (χ1n) is 4.17. The zero-order chi connectivity index (χ0) is 9.68. The van der Waals surface area contributed by atoms with E-state index in [0.29, 0.717) is 5.71 Å². The minimum absolute atomic E-state index is 0.383. The Labute approximate surface area is 78.1 Å². The van der Waals surface area contributed by atoms with Crippen LogP contribution in [-0.2, 0) is 4.84 Å². The van der Waals surface area contributed by atoms with Crippen LogP contribution in [0.5, 0.6) is 0 Å². The van der Waals surface area contributed by atoms with Gasteiger partial charge in [0.2, 0.25) is 0 Å². The number of hydrogen-bond acceptors (Lipinski definition) is 4. The Bertz CT molecular complexity index is 275. The van der Waals surface area contributed by atoms with Crippen molar-refractivity contribution < 1.29 is 4.84 Å². The van der Waals surface area contributed by atoms with Gasteiger partial charge in [-0.2, -0.15) is 5.26 Å². The Morgan fingerprint density at radius 1 is 1.77 bits per heavy atom. The van der Waals surface area contributed by atoms with E-state index in [-0.39, 0.29) is 0 Å². The van der Waals surface area contributed by atoms with Crippen LogP contribution in [-0.4, -0.2) is 37.9 Å². The molecular formula is C9H13N3O. The molecule has 0 fully saturated rings. The quantitative estimate of drug-likeness (QED) is 0.465. The number of rotatable bonds is 2. The highest BCUT2D eigenvalue weighted by molar-refractivity contribution is 6.11. The summed E-state index contributed by atoms with van der Waals surface area (Å²) in [7, 11) is 3.47. The van der Waals surface area contributed by atoms with Crippen LogP contribution in [0.1, 0.15) is 6.42 Å². The fraction of sp³-hybridized carbons (Fsp3) is 0.556. The molecule has 13 heavy (non-hydrogen) atoms. The number of oxime groups is 1. The van der Waals surface area contributed by atoms with E-state index in [4.69, 9.17) is 5.26 Å². The number of nitrogens with zero attached hydrogens (tertiary/aromatic N) is 3. The van der Waals surface area contributed by atoms with Crippen LogP contribution in [0.3, 0.4) is 0 Å². The molecule has 1 aliphatic rings. The zero-order valence-corrected chi connectivity index (χ0v) is 7.95. The van der Waals surface area contributed by atoms with Crippen molar-refractivity contribution in [3.05, 3.63) is 11.6 Å². The van der Waals surface area contributed by atoms with Crippen LogP contribution in [0, 0.1) is 11.3 Å². The summed E-state index contributed by atoms with van der Waals surface area (Å²) < 4.78 is 0. The maximum atomic E-state index is 8.78. The molecule has 0 aromatic rings. The highest BCUT2D eigenvalue weighted by Gasteiger charge is 2.13. The molecule has 0 amide bonds. The molecule has 0 unspecified atom stereocenters. The van der Waals surface area contributed by atoms with Crippen molar-refractivity contribution >= 4 is 5.71 Å². The molecule has 0 aromatic heterocycles. The number of likely N-dealkylation sites (N-methyl/N-ethyl adjacent to an activating group) is 1. The van der Waals surface area contributed by atoms with Crippen molar-refractivity contribution in [2.75, 3.05) is 27.2 Å². The van der Waals surface area contributed by atoms with Crippen LogP contribution >= 0.6 is 0 Å². The third-order valence-electron chi connectivity index (χ3n) is 1.93. The van der Waals surface area contributed by atoms with Gasteiger partial charge in [-0.05, 0) is 13.5 Å². The van der Waals surface area contributed by atoms with E-state index in [0.717, 1.165) is 25.1 Å². The van der Waals surface area contributed by atoms with Crippen molar-refractivity contribution in [2.45, 2.75) is 6.42 Å². The topological polar surface area (TPSA) is 48.6 Å². The maximum absolute atomic E-state index is 8.78. The molecule has 0 saturated carbocycles. The lowest BCUT2D eigenvalue weighted by Gasteiger charge is -2.21. The molecule has 4 heteroatoms. The summed E-state index contributed by atoms with van der Waals surface area (Å²) in [5, 5.41) is 12.4. The molecule has 1 aliphatic heterocycles. The van der Waals surface area contributed by atoms with Gasteiger partial charge in [0.25, 0.3) is 0 Å². The summed E-state index contributed by atoms with van der Waals surface area (Å²) in [5.74, 6) is 0. The predicted molar refractivity (Wildman–Crippen MR) is 50.3 cm³/mol. The summed E-state index contributed by atoms with van der Waals surface area (Å²) in [6, 6.07) is 2.02. The Balaban J connectivity index is 2.76. The van der Waals surface area contributed by atoms with Crippen molar-refractivity contribution in [1.82, 2.24) is 4.90 Å². The van der Waals surface area contributed by atoms with Gasteiger partial charge in [-0.25, -0.2) is 0 Å². The van der Waals surface area contributed by atoms with Gasteiger partial charge in [-0.3, -0.25) is 0 Å². The third kappa shape index (κ3) is 2.56. The fourth-order valence-corrected chi connectivity index (χ4v) is 1.31. The molecule has 0 atom stereocenters. The van der Waals surface area contributed by atoms with Crippen molar-refractivity contribution in [2.24, 2.45) is 5.16 Å². The number of nitriles is 1. The van der Waals surface area contributed by atoms with Gasteiger partial charge in [0.05, 0.1) is 0 Å².